The van der Waals surface area contributed by atoms with Gasteiger partial charge in [-0.15, -0.1) is 0 Å². The first-order chi connectivity index (χ1) is 6.72. The molecular weight excluding hydrogens is 186 g/mol. The van der Waals surface area contributed by atoms with Crippen molar-refractivity contribution in [2.45, 2.75) is 19.4 Å². The number of nitrogens with zero attached hydrogens (tertiary/aromatic N) is 5. The summed E-state index contributed by atoms with van der Waals surface area (Å²) in [6.07, 6.45) is 0.752. The van der Waals surface area contributed by atoms with Crippen LogP contribution in [-0.4, -0.2) is 36.0 Å². The van der Waals surface area contributed by atoms with Gasteiger partial charge in [-0.2, -0.15) is 4.79 Å². The predicted octanol–water partition coefficient (Wildman–Crippen LogP) is 0.962. The number of ether oxygens (including phenoxy) is 1. The number of carbonyl (C=O) groups excluding carboxylic acids is 1. The van der Waals surface area contributed by atoms with Gasteiger partial charge < -0.3 is 10.3 Å². The minimum absolute atomic E-state index is 0.161. The van der Waals surface area contributed by atoms with E-state index >= 15 is 0 Å². The van der Waals surface area contributed by atoms with Gasteiger partial charge in [-0.25, -0.2) is 0 Å². The summed E-state index contributed by atoms with van der Waals surface area (Å²) < 4.78 is 5.09. The molecule has 0 saturated carbocycles. The van der Waals surface area contributed by atoms with Crippen molar-refractivity contribution in [1.82, 2.24) is 0 Å². The first kappa shape index (κ1) is 12.3. The lowest BCUT2D eigenvalue weighted by Crippen LogP contribution is -2.23. The van der Waals surface area contributed by atoms with Gasteiger partial charge >= 0.3 is 0 Å². The molecule has 76 valence electrons. The van der Waals surface area contributed by atoms with Crippen molar-refractivity contribution in [3.8, 4) is 0 Å². The van der Waals surface area contributed by atoms with E-state index in [1.54, 1.807) is 0 Å². The summed E-state index contributed by atoms with van der Waals surface area (Å²) in [5, 5.41) is 3.24. The first-order valence-corrected chi connectivity index (χ1v) is 4.01. The van der Waals surface area contributed by atoms with E-state index in [4.69, 9.17) is 15.8 Å². The molecule has 0 radical (unpaired) electrons. The number of Topliss-reactive ketones (excluding diaryl/α,β-unsaturated/α-hetero) is 1. The Kier molecular flexibility index (Phi) is 6.99. The van der Waals surface area contributed by atoms with E-state index in [-0.39, 0.29) is 25.4 Å². The molecule has 0 aliphatic heterocycles. The minimum Gasteiger partial charge on any atom is -0.370 e. The molecule has 0 rings (SSSR count). The Morgan fingerprint density at radius 3 is 2.86 bits per heavy atom. The Morgan fingerprint density at radius 2 is 2.36 bits per heavy atom. The maximum absolute atomic E-state index is 10.9. The third-order valence-corrected chi connectivity index (χ3v) is 1.43. The molecule has 14 heavy (non-hydrogen) atoms. The maximum atomic E-state index is 10.9. The molecule has 0 bridgehead atoms. The fourth-order valence-electron chi connectivity index (χ4n) is 0.775. The first-order valence-electron chi connectivity index (χ1n) is 4.01. The van der Waals surface area contributed by atoms with Crippen molar-refractivity contribution in [3.63, 3.8) is 0 Å². The quantitative estimate of drug-likeness (QED) is 0.199. The van der Waals surface area contributed by atoms with E-state index in [0.717, 1.165) is 0 Å². The van der Waals surface area contributed by atoms with E-state index in [2.05, 4.69) is 14.8 Å². The van der Waals surface area contributed by atoms with Crippen LogP contribution in [0.25, 0.3) is 16.0 Å². The number of azide groups is 1. The lowest BCUT2D eigenvalue weighted by molar-refractivity contribution is -0.128. The summed E-state index contributed by atoms with van der Waals surface area (Å²) in [6.45, 7) is 1.73. The Hall–Kier alpha value is -1.68. The van der Waals surface area contributed by atoms with Crippen molar-refractivity contribution in [2.24, 2.45) is 5.11 Å². The summed E-state index contributed by atoms with van der Waals surface area (Å²) in [6, 6.07) is 0. The van der Waals surface area contributed by atoms with Crippen LogP contribution in [0.4, 0.5) is 0 Å². The summed E-state index contributed by atoms with van der Waals surface area (Å²) >= 11 is 0. The highest BCUT2D eigenvalue weighted by Crippen LogP contribution is 1.97. The van der Waals surface area contributed by atoms with E-state index in [1.165, 1.54) is 13.1 Å². The van der Waals surface area contributed by atoms with E-state index in [0.29, 0.717) is 0 Å². The molecule has 0 aromatic heterocycles. The summed E-state index contributed by atoms with van der Waals surface area (Å²) in [5.41, 5.74) is 16.1. The number of hydrogen-bond acceptors (Lipinski definition) is 3. The average molecular weight is 197 g/mol. The normalized spacial score (nSPS) is 10.9. The van der Waals surface area contributed by atoms with Gasteiger partial charge in [0.25, 0.3) is 6.21 Å². The van der Waals surface area contributed by atoms with Crippen LogP contribution in [0.15, 0.2) is 5.11 Å². The van der Waals surface area contributed by atoms with Gasteiger partial charge in [-0.05, 0) is 12.5 Å². The van der Waals surface area contributed by atoms with E-state index < -0.39 is 6.10 Å². The molecule has 1 atom stereocenters. The Bertz CT molecular complexity index is 278. The van der Waals surface area contributed by atoms with Crippen LogP contribution in [0.3, 0.4) is 0 Å². The molecular formula is C7H11N5O2. The van der Waals surface area contributed by atoms with Gasteiger partial charge in [0.05, 0.1) is 13.0 Å². The minimum atomic E-state index is -0.639. The Balaban J connectivity index is 3.90. The van der Waals surface area contributed by atoms with Crippen molar-refractivity contribution in [3.05, 3.63) is 16.0 Å². The van der Waals surface area contributed by atoms with Gasteiger partial charge in [0, 0.05) is 11.5 Å². The lowest BCUT2D eigenvalue weighted by atomic mass is 10.2. The second-order valence-corrected chi connectivity index (χ2v) is 2.46. The molecule has 0 saturated heterocycles. The van der Waals surface area contributed by atoms with Gasteiger partial charge in [0.1, 0.15) is 6.10 Å². The number of rotatable bonds is 7. The fourth-order valence-corrected chi connectivity index (χ4v) is 0.775. The molecule has 0 aromatic rings. The van der Waals surface area contributed by atoms with Crippen LogP contribution in [-0.2, 0) is 9.53 Å². The maximum Gasteiger partial charge on any atom is 0.260 e. The molecule has 0 aromatic carbocycles. The highest BCUT2D eigenvalue weighted by atomic mass is 16.5. The Labute approximate surface area is 80.9 Å². The van der Waals surface area contributed by atoms with Crippen LogP contribution < -0.4 is 0 Å². The molecule has 0 N–H and O–H groups in total. The third-order valence-electron chi connectivity index (χ3n) is 1.43. The Morgan fingerprint density at radius 1 is 1.64 bits per heavy atom. The zero-order valence-electron chi connectivity index (χ0n) is 7.83. The standard InChI is InChI=1S/C7H11N5O2/c1-6(13)7(2-3-10-8)14-5-4-11-12-9/h3,7H,2,4-5H2,1H3/t7-/m0/s1. The van der Waals surface area contributed by atoms with Crippen LogP contribution in [0.5, 0.6) is 0 Å². The van der Waals surface area contributed by atoms with Crippen LogP contribution >= 0.6 is 0 Å². The number of ketones is 1. The monoisotopic (exact) mass is 197 g/mol. The summed E-state index contributed by atoms with van der Waals surface area (Å²) in [5.74, 6) is -0.161. The SMILES string of the molecule is CC(=O)[C@H](CC=[N+]=[N-])OCCN=[N+]=[N-]. The summed E-state index contributed by atoms with van der Waals surface area (Å²) in [7, 11) is 0. The van der Waals surface area contributed by atoms with Crippen molar-refractivity contribution in [1.29, 1.82) is 0 Å². The number of hydrogen-bond donors (Lipinski definition) is 0. The molecule has 7 heteroatoms. The van der Waals surface area contributed by atoms with Gasteiger partial charge in [0.15, 0.2) is 5.78 Å². The molecule has 0 unspecified atom stereocenters. The molecule has 0 aliphatic carbocycles. The molecule has 0 amide bonds. The van der Waals surface area contributed by atoms with Gasteiger partial charge in [0.2, 0.25) is 0 Å². The summed E-state index contributed by atoms with van der Waals surface area (Å²) in [4.78, 5) is 16.2. The van der Waals surface area contributed by atoms with Crippen LogP contribution in [0, 0.1) is 0 Å². The smallest absolute Gasteiger partial charge is 0.260 e. The highest BCUT2D eigenvalue weighted by Gasteiger charge is 2.14. The number of carbonyl (C=O) groups is 1. The molecule has 0 spiro atoms. The average Bonchev–Trinajstić information content (AvgIpc) is 2.16. The van der Waals surface area contributed by atoms with Gasteiger partial charge in [-0.3, -0.25) is 4.79 Å². The fraction of sp³-hybridized carbons (Fsp3) is 0.714. The third kappa shape index (κ3) is 5.91. The predicted molar refractivity (Wildman–Crippen MR) is 48.7 cm³/mol. The molecule has 0 heterocycles. The van der Waals surface area contributed by atoms with Crippen molar-refractivity contribution < 1.29 is 14.3 Å². The second kappa shape index (κ2) is 7.94. The zero-order chi connectivity index (χ0) is 10.8. The van der Waals surface area contributed by atoms with Crippen LogP contribution in [0.1, 0.15) is 13.3 Å². The molecule has 0 aliphatic rings. The molecule has 0 fully saturated rings. The second-order valence-electron chi connectivity index (χ2n) is 2.46. The van der Waals surface area contributed by atoms with E-state index in [9.17, 15) is 4.79 Å². The zero-order valence-corrected chi connectivity index (χ0v) is 7.83. The highest BCUT2D eigenvalue weighted by molar-refractivity contribution is 5.82. The van der Waals surface area contributed by atoms with E-state index in [1.807, 2.05) is 0 Å². The van der Waals surface area contributed by atoms with Crippen LogP contribution in [0.2, 0.25) is 0 Å². The molecule has 7 nitrogen and oxygen atoms in total. The van der Waals surface area contributed by atoms with Gasteiger partial charge in [-0.1, -0.05) is 5.11 Å². The van der Waals surface area contributed by atoms with Crippen molar-refractivity contribution >= 4 is 12.0 Å². The largest absolute Gasteiger partial charge is 0.370 e. The van der Waals surface area contributed by atoms with Crippen molar-refractivity contribution in [2.75, 3.05) is 13.2 Å². The lowest BCUT2D eigenvalue weighted by Gasteiger charge is -2.09. The topological polar surface area (TPSA) is 111 Å².